The van der Waals surface area contributed by atoms with Crippen LogP contribution in [-0.4, -0.2) is 30.8 Å². The molecule has 1 amide bonds. The number of hydrogen-bond donors (Lipinski definition) is 1. The van der Waals surface area contributed by atoms with Crippen molar-refractivity contribution in [2.75, 3.05) is 18.5 Å². The predicted molar refractivity (Wildman–Crippen MR) is 94.8 cm³/mol. The van der Waals surface area contributed by atoms with Crippen molar-refractivity contribution in [3.05, 3.63) is 54.1 Å². The molecule has 0 aromatic heterocycles. The van der Waals surface area contributed by atoms with Crippen molar-refractivity contribution in [1.29, 1.82) is 0 Å². The van der Waals surface area contributed by atoms with E-state index in [0.717, 1.165) is 0 Å². The molecule has 0 fully saturated rings. The van der Waals surface area contributed by atoms with Gasteiger partial charge in [-0.25, -0.2) is 4.79 Å². The summed E-state index contributed by atoms with van der Waals surface area (Å²) >= 11 is 0.417. The molecule has 8 heteroatoms. The minimum atomic E-state index is -2.50. The van der Waals surface area contributed by atoms with Crippen molar-refractivity contribution in [3.8, 4) is 5.75 Å². The number of nitrogens with one attached hydrogen (secondary N) is 1. The SMILES string of the molecule is CCOc1ccc(C(=O)OCC(=O)Nc2ccc(SC(F)F)cc2)cc1. The fraction of sp³-hybridized carbons (Fsp3) is 0.222. The standard InChI is InChI=1S/C18H17F2NO4S/c1-2-24-14-7-3-12(4-8-14)17(23)25-11-16(22)21-13-5-9-15(10-6-13)26-18(19)20/h3-10,18H,2,11H2,1H3,(H,21,22). The minimum absolute atomic E-state index is 0.301. The molecule has 0 aliphatic heterocycles. The van der Waals surface area contributed by atoms with E-state index in [2.05, 4.69) is 5.32 Å². The topological polar surface area (TPSA) is 64.6 Å². The summed E-state index contributed by atoms with van der Waals surface area (Å²) in [6, 6.07) is 12.3. The number of carbonyl (C=O) groups is 2. The van der Waals surface area contributed by atoms with E-state index in [1.807, 2.05) is 6.92 Å². The molecular weight excluding hydrogens is 364 g/mol. The maximum atomic E-state index is 12.2. The van der Waals surface area contributed by atoms with Gasteiger partial charge in [0.15, 0.2) is 6.61 Å². The summed E-state index contributed by atoms with van der Waals surface area (Å²) < 4.78 is 34.7. The molecular formula is C18H17F2NO4S. The average molecular weight is 381 g/mol. The zero-order valence-corrected chi connectivity index (χ0v) is 14.7. The zero-order valence-electron chi connectivity index (χ0n) is 13.9. The third-order valence-corrected chi connectivity index (χ3v) is 3.82. The Morgan fingerprint density at radius 3 is 2.31 bits per heavy atom. The monoisotopic (exact) mass is 381 g/mol. The highest BCUT2D eigenvalue weighted by molar-refractivity contribution is 7.99. The largest absolute Gasteiger partial charge is 0.494 e. The van der Waals surface area contributed by atoms with Crippen LogP contribution in [0.4, 0.5) is 14.5 Å². The molecule has 0 saturated carbocycles. The normalized spacial score (nSPS) is 10.5. The second-order valence-corrected chi connectivity index (χ2v) is 6.05. The van der Waals surface area contributed by atoms with E-state index in [1.54, 1.807) is 24.3 Å². The Labute approximate surface area is 153 Å². The molecule has 0 spiro atoms. The number of esters is 1. The van der Waals surface area contributed by atoms with Gasteiger partial charge in [-0.05, 0) is 55.5 Å². The zero-order chi connectivity index (χ0) is 18.9. The van der Waals surface area contributed by atoms with E-state index in [1.165, 1.54) is 24.3 Å². The van der Waals surface area contributed by atoms with Crippen LogP contribution in [0.2, 0.25) is 0 Å². The number of amides is 1. The summed E-state index contributed by atoms with van der Waals surface area (Å²) in [4.78, 5) is 24.1. The maximum absolute atomic E-state index is 12.2. The number of ether oxygens (including phenoxy) is 2. The van der Waals surface area contributed by atoms with Crippen LogP contribution in [0.1, 0.15) is 17.3 Å². The molecule has 0 saturated heterocycles. The lowest BCUT2D eigenvalue weighted by Crippen LogP contribution is -2.20. The fourth-order valence-electron chi connectivity index (χ4n) is 1.99. The van der Waals surface area contributed by atoms with E-state index >= 15 is 0 Å². The Balaban J connectivity index is 1.81. The van der Waals surface area contributed by atoms with Gasteiger partial charge in [0.25, 0.3) is 11.7 Å². The third-order valence-electron chi connectivity index (χ3n) is 3.10. The lowest BCUT2D eigenvalue weighted by atomic mass is 10.2. The first-order valence-corrected chi connectivity index (χ1v) is 8.60. The van der Waals surface area contributed by atoms with Crippen molar-refractivity contribution < 1.29 is 27.8 Å². The third kappa shape index (κ3) is 6.36. The summed E-state index contributed by atoms with van der Waals surface area (Å²) in [5, 5.41) is 2.52. The molecule has 2 rings (SSSR count). The number of thioether (sulfide) groups is 1. The summed E-state index contributed by atoms with van der Waals surface area (Å²) in [6.07, 6.45) is 0. The lowest BCUT2D eigenvalue weighted by Gasteiger charge is -2.08. The first-order chi connectivity index (χ1) is 12.5. The second kappa shape index (κ2) is 9.76. The van der Waals surface area contributed by atoms with Gasteiger partial charge in [-0.1, -0.05) is 11.8 Å². The van der Waals surface area contributed by atoms with Gasteiger partial charge in [0.2, 0.25) is 0 Å². The average Bonchev–Trinajstić information content (AvgIpc) is 2.62. The molecule has 5 nitrogen and oxygen atoms in total. The summed E-state index contributed by atoms with van der Waals surface area (Å²) in [7, 11) is 0. The molecule has 0 atom stereocenters. The first-order valence-electron chi connectivity index (χ1n) is 7.72. The van der Waals surface area contributed by atoms with Gasteiger partial charge >= 0.3 is 5.97 Å². The van der Waals surface area contributed by atoms with Crippen LogP contribution in [0.3, 0.4) is 0 Å². The Bertz CT molecular complexity index is 736. The Hall–Kier alpha value is -2.61. The van der Waals surface area contributed by atoms with E-state index < -0.39 is 24.2 Å². The molecule has 2 aromatic carbocycles. The van der Waals surface area contributed by atoms with Crippen molar-refractivity contribution >= 4 is 29.3 Å². The van der Waals surface area contributed by atoms with Gasteiger partial charge in [0.1, 0.15) is 5.75 Å². The smallest absolute Gasteiger partial charge is 0.338 e. The van der Waals surface area contributed by atoms with Gasteiger partial charge in [-0.2, -0.15) is 8.78 Å². The number of benzene rings is 2. The second-order valence-electron chi connectivity index (χ2n) is 4.98. The van der Waals surface area contributed by atoms with Crippen LogP contribution in [0.25, 0.3) is 0 Å². The van der Waals surface area contributed by atoms with Crippen LogP contribution in [-0.2, 0) is 9.53 Å². The van der Waals surface area contributed by atoms with Gasteiger partial charge < -0.3 is 14.8 Å². The van der Waals surface area contributed by atoms with Gasteiger partial charge in [-0.15, -0.1) is 0 Å². The predicted octanol–water partition coefficient (Wildman–Crippen LogP) is 4.20. The highest BCUT2D eigenvalue weighted by Gasteiger charge is 2.11. The van der Waals surface area contributed by atoms with Crippen LogP contribution < -0.4 is 10.1 Å². The first kappa shape index (κ1) is 19.7. The molecule has 0 heterocycles. The van der Waals surface area contributed by atoms with Crippen molar-refractivity contribution in [3.63, 3.8) is 0 Å². The van der Waals surface area contributed by atoms with Crippen LogP contribution in [0, 0.1) is 0 Å². The van der Waals surface area contributed by atoms with Gasteiger partial charge in [0, 0.05) is 10.6 Å². The van der Waals surface area contributed by atoms with Crippen molar-refractivity contribution in [2.24, 2.45) is 0 Å². The van der Waals surface area contributed by atoms with E-state index in [0.29, 0.717) is 40.3 Å². The number of alkyl halides is 2. The van der Waals surface area contributed by atoms with Crippen molar-refractivity contribution in [2.45, 2.75) is 17.6 Å². The van der Waals surface area contributed by atoms with E-state index in [9.17, 15) is 18.4 Å². The molecule has 1 N–H and O–H groups in total. The van der Waals surface area contributed by atoms with Crippen LogP contribution in [0.5, 0.6) is 5.75 Å². The maximum Gasteiger partial charge on any atom is 0.338 e. The number of rotatable bonds is 8. The quantitative estimate of drug-likeness (QED) is 0.549. The molecule has 138 valence electrons. The summed E-state index contributed by atoms with van der Waals surface area (Å²) in [5.74, 6) is -3.03. The van der Waals surface area contributed by atoms with E-state index in [4.69, 9.17) is 9.47 Å². The number of halogens is 2. The van der Waals surface area contributed by atoms with Crippen LogP contribution >= 0.6 is 11.8 Å². The molecule has 26 heavy (non-hydrogen) atoms. The fourth-order valence-corrected chi connectivity index (χ4v) is 2.48. The number of carbonyl (C=O) groups excluding carboxylic acids is 2. The molecule has 2 aromatic rings. The molecule has 0 bridgehead atoms. The number of anilines is 1. The van der Waals surface area contributed by atoms with Gasteiger partial charge in [-0.3, -0.25) is 4.79 Å². The van der Waals surface area contributed by atoms with Crippen molar-refractivity contribution in [1.82, 2.24) is 0 Å². The minimum Gasteiger partial charge on any atom is -0.494 e. The highest BCUT2D eigenvalue weighted by atomic mass is 32.2. The Morgan fingerprint density at radius 2 is 1.73 bits per heavy atom. The van der Waals surface area contributed by atoms with Gasteiger partial charge in [0.05, 0.1) is 12.2 Å². The van der Waals surface area contributed by atoms with E-state index in [-0.39, 0.29) is 0 Å². The molecule has 0 unspecified atom stereocenters. The number of hydrogen-bond acceptors (Lipinski definition) is 5. The lowest BCUT2D eigenvalue weighted by molar-refractivity contribution is -0.119. The Morgan fingerprint density at radius 1 is 1.08 bits per heavy atom. The van der Waals surface area contributed by atoms with Crippen LogP contribution in [0.15, 0.2) is 53.4 Å². The highest BCUT2D eigenvalue weighted by Crippen LogP contribution is 2.26. The molecule has 0 radical (unpaired) electrons. The summed E-state index contributed by atoms with van der Waals surface area (Å²) in [5.41, 5.74) is 0.723. The molecule has 0 aliphatic carbocycles. The molecule has 0 aliphatic rings. The summed E-state index contributed by atoms with van der Waals surface area (Å²) in [6.45, 7) is 1.91. The Kier molecular flexibility index (Phi) is 7.40.